The van der Waals surface area contributed by atoms with E-state index >= 15 is 0 Å². The molecule has 28 heavy (non-hydrogen) atoms. The fraction of sp³-hybridized carbons (Fsp3) is 0.350. The molecule has 0 saturated carbocycles. The van der Waals surface area contributed by atoms with Crippen molar-refractivity contribution in [3.05, 3.63) is 57.8 Å². The quantitative estimate of drug-likeness (QED) is 0.615. The molecule has 0 spiro atoms. The first-order chi connectivity index (χ1) is 13.5. The molecule has 0 unspecified atom stereocenters. The molecule has 3 aromatic rings. The first kappa shape index (κ1) is 18.2. The van der Waals surface area contributed by atoms with Crippen LogP contribution in [0.3, 0.4) is 0 Å². The van der Waals surface area contributed by atoms with Crippen LogP contribution in [0, 0.1) is 0 Å². The molecule has 4 rings (SSSR count). The molecule has 2 aromatic heterocycles. The van der Waals surface area contributed by atoms with Crippen LogP contribution in [0.15, 0.2) is 39.7 Å². The molecule has 1 saturated heterocycles. The van der Waals surface area contributed by atoms with Crippen LogP contribution in [0.2, 0.25) is 0 Å². The van der Waals surface area contributed by atoms with Gasteiger partial charge in [0.05, 0.1) is 16.8 Å². The smallest absolute Gasteiger partial charge is 0.408 e. The maximum absolute atomic E-state index is 11.8. The molecule has 8 heteroatoms. The van der Waals surface area contributed by atoms with Crippen LogP contribution in [0.5, 0.6) is 0 Å². The summed E-state index contributed by atoms with van der Waals surface area (Å²) >= 11 is 0. The minimum Gasteiger partial charge on any atom is -0.408 e. The highest BCUT2D eigenvalue weighted by atomic mass is 16.4. The number of fused-ring (bicyclic) bond motifs is 1. The first-order valence-electron chi connectivity index (χ1n) is 9.35. The lowest BCUT2D eigenvalue weighted by Crippen LogP contribution is -2.35. The Bertz CT molecular complexity index is 1080. The summed E-state index contributed by atoms with van der Waals surface area (Å²) < 4.78 is 6.73. The van der Waals surface area contributed by atoms with E-state index in [0.717, 1.165) is 48.4 Å². The Kier molecular flexibility index (Phi) is 4.87. The number of nitrogens with one attached hydrogen (secondary N) is 2. The fourth-order valence-corrected chi connectivity index (χ4v) is 3.59. The van der Waals surface area contributed by atoms with Crippen LogP contribution < -0.4 is 22.1 Å². The SMILES string of the molecule is Cn1c(=O)oc2cc(Cc3cc(NC4CCNCC4)c(C(N)=O)cn3)ccc21. The molecular weight excluding hydrogens is 358 g/mol. The van der Waals surface area contributed by atoms with Crippen molar-refractivity contribution in [2.45, 2.75) is 25.3 Å². The molecule has 3 heterocycles. The highest BCUT2D eigenvalue weighted by Gasteiger charge is 2.17. The largest absolute Gasteiger partial charge is 0.419 e. The molecule has 0 radical (unpaired) electrons. The average Bonchev–Trinajstić information content (AvgIpc) is 2.96. The second-order valence-corrected chi connectivity index (χ2v) is 7.16. The average molecular weight is 381 g/mol. The van der Waals surface area contributed by atoms with E-state index < -0.39 is 5.91 Å². The van der Waals surface area contributed by atoms with Crippen molar-refractivity contribution in [3.8, 4) is 0 Å². The summed E-state index contributed by atoms with van der Waals surface area (Å²) in [5.74, 6) is -0.882. The molecular formula is C20H23N5O3. The summed E-state index contributed by atoms with van der Waals surface area (Å²) in [4.78, 5) is 27.9. The van der Waals surface area contributed by atoms with Crippen molar-refractivity contribution in [1.29, 1.82) is 0 Å². The Hall–Kier alpha value is -3.13. The number of anilines is 1. The molecule has 146 valence electrons. The van der Waals surface area contributed by atoms with Gasteiger partial charge in [0.25, 0.3) is 5.91 Å². The number of primary amides is 1. The zero-order valence-electron chi connectivity index (χ0n) is 15.7. The van der Waals surface area contributed by atoms with E-state index in [1.165, 1.54) is 10.8 Å². The normalized spacial score (nSPS) is 15.0. The first-order valence-corrected chi connectivity index (χ1v) is 9.35. The van der Waals surface area contributed by atoms with Crippen LogP contribution in [-0.2, 0) is 13.5 Å². The second-order valence-electron chi connectivity index (χ2n) is 7.16. The molecule has 1 aliphatic heterocycles. The topological polar surface area (TPSA) is 115 Å². The number of nitrogens with two attached hydrogens (primary N) is 1. The van der Waals surface area contributed by atoms with Gasteiger partial charge in [-0.05, 0) is 49.7 Å². The Morgan fingerprint density at radius 3 is 2.89 bits per heavy atom. The predicted octanol–water partition coefficient (Wildman–Crippen LogP) is 1.38. The van der Waals surface area contributed by atoms with E-state index in [0.29, 0.717) is 23.6 Å². The van der Waals surface area contributed by atoms with Gasteiger partial charge in [-0.25, -0.2) is 4.79 Å². The molecule has 0 bridgehead atoms. The van der Waals surface area contributed by atoms with Gasteiger partial charge in [0.2, 0.25) is 0 Å². The molecule has 1 aromatic carbocycles. The van der Waals surface area contributed by atoms with Crippen molar-refractivity contribution in [3.63, 3.8) is 0 Å². The van der Waals surface area contributed by atoms with E-state index in [9.17, 15) is 9.59 Å². The summed E-state index contributed by atoms with van der Waals surface area (Å²) in [6, 6.07) is 7.83. The molecule has 8 nitrogen and oxygen atoms in total. The van der Waals surface area contributed by atoms with Crippen molar-refractivity contribution in [2.24, 2.45) is 12.8 Å². The van der Waals surface area contributed by atoms with Crippen molar-refractivity contribution < 1.29 is 9.21 Å². The number of hydrogen-bond donors (Lipinski definition) is 3. The number of aromatic nitrogens is 2. The van der Waals surface area contributed by atoms with Crippen LogP contribution >= 0.6 is 0 Å². The van der Waals surface area contributed by atoms with E-state index in [2.05, 4.69) is 15.6 Å². The minimum absolute atomic E-state index is 0.296. The number of piperidine rings is 1. The van der Waals surface area contributed by atoms with Crippen molar-refractivity contribution >= 4 is 22.7 Å². The van der Waals surface area contributed by atoms with Gasteiger partial charge in [0.1, 0.15) is 0 Å². The van der Waals surface area contributed by atoms with E-state index in [1.807, 2.05) is 24.3 Å². The van der Waals surface area contributed by atoms with Gasteiger partial charge in [-0.1, -0.05) is 6.07 Å². The maximum Gasteiger partial charge on any atom is 0.419 e. The Morgan fingerprint density at radius 1 is 1.36 bits per heavy atom. The number of rotatable bonds is 5. The molecule has 1 fully saturated rings. The number of carbonyl (C=O) groups is 1. The number of amides is 1. The Balaban J connectivity index is 1.61. The monoisotopic (exact) mass is 381 g/mol. The molecule has 0 aliphatic carbocycles. The number of aryl methyl sites for hydroxylation is 1. The van der Waals surface area contributed by atoms with Crippen LogP contribution in [0.4, 0.5) is 5.69 Å². The minimum atomic E-state index is -0.497. The number of carbonyl (C=O) groups excluding carboxylic acids is 1. The third kappa shape index (κ3) is 3.63. The van der Waals surface area contributed by atoms with Gasteiger partial charge >= 0.3 is 5.76 Å². The lowest BCUT2D eigenvalue weighted by Gasteiger charge is -2.25. The third-order valence-electron chi connectivity index (χ3n) is 5.17. The van der Waals surface area contributed by atoms with Gasteiger partial charge in [0, 0.05) is 31.4 Å². The summed E-state index contributed by atoms with van der Waals surface area (Å²) in [6.45, 7) is 1.90. The zero-order valence-corrected chi connectivity index (χ0v) is 15.7. The van der Waals surface area contributed by atoms with Crippen molar-refractivity contribution in [2.75, 3.05) is 18.4 Å². The Labute approximate surface area is 161 Å². The standard InChI is InChI=1S/C20H23N5O3/c1-25-17-3-2-12(9-18(17)28-20(25)27)8-14-10-16(15(11-23-14)19(21)26)24-13-4-6-22-7-5-13/h2-3,9-11,13,22H,4-8H2,1H3,(H2,21,26)(H,23,24). The summed E-state index contributed by atoms with van der Waals surface area (Å²) in [6.07, 6.45) is 4.05. The second kappa shape index (κ2) is 7.47. The van der Waals surface area contributed by atoms with Gasteiger partial charge in [0.15, 0.2) is 5.58 Å². The lowest BCUT2D eigenvalue weighted by atomic mass is 10.0. The predicted molar refractivity (Wildman–Crippen MR) is 107 cm³/mol. The Morgan fingerprint density at radius 2 is 2.14 bits per heavy atom. The third-order valence-corrected chi connectivity index (χ3v) is 5.17. The number of oxazole rings is 1. The summed E-state index contributed by atoms with van der Waals surface area (Å²) in [5, 5.41) is 6.78. The lowest BCUT2D eigenvalue weighted by molar-refractivity contribution is 0.100. The van der Waals surface area contributed by atoms with Crippen LogP contribution in [0.25, 0.3) is 11.1 Å². The van der Waals surface area contributed by atoms with E-state index in [1.54, 1.807) is 7.05 Å². The van der Waals surface area contributed by atoms with Gasteiger partial charge in [-0.15, -0.1) is 0 Å². The summed E-state index contributed by atoms with van der Waals surface area (Å²) in [5.41, 5.74) is 9.71. The van der Waals surface area contributed by atoms with Crippen LogP contribution in [-0.4, -0.2) is 34.6 Å². The van der Waals surface area contributed by atoms with Gasteiger partial charge < -0.3 is 20.8 Å². The highest BCUT2D eigenvalue weighted by molar-refractivity contribution is 5.98. The zero-order chi connectivity index (χ0) is 19.7. The molecule has 0 atom stereocenters. The van der Waals surface area contributed by atoms with E-state index in [-0.39, 0.29) is 5.76 Å². The van der Waals surface area contributed by atoms with Gasteiger partial charge in [-0.2, -0.15) is 0 Å². The number of nitrogens with zero attached hydrogens (tertiary/aromatic N) is 2. The maximum atomic E-state index is 11.8. The highest BCUT2D eigenvalue weighted by Crippen LogP contribution is 2.22. The molecule has 4 N–H and O–H groups in total. The fourth-order valence-electron chi connectivity index (χ4n) is 3.59. The summed E-state index contributed by atoms with van der Waals surface area (Å²) in [7, 11) is 1.68. The van der Waals surface area contributed by atoms with Crippen LogP contribution in [0.1, 0.15) is 34.5 Å². The number of pyridine rings is 1. The van der Waals surface area contributed by atoms with Gasteiger partial charge in [-0.3, -0.25) is 14.3 Å². The molecule has 1 aliphatic rings. The number of benzene rings is 1. The number of hydrogen-bond acceptors (Lipinski definition) is 6. The van der Waals surface area contributed by atoms with E-state index in [4.69, 9.17) is 10.2 Å². The molecule has 1 amide bonds. The van der Waals surface area contributed by atoms with Crippen molar-refractivity contribution in [1.82, 2.24) is 14.9 Å².